The Bertz CT molecular complexity index is 432. The molecule has 0 aromatic carbocycles. The van der Waals surface area contributed by atoms with E-state index < -0.39 is 5.72 Å². The molecule has 5 heteroatoms. The van der Waals surface area contributed by atoms with Crippen molar-refractivity contribution in [3.05, 3.63) is 23.5 Å². The number of nitrogens with two attached hydrogens (primary N) is 1. The third-order valence-electron chi connectivity index (χ3n) is 1.74. The predicted octanol–water partition coefficient (Wildman–Crippen LogP) is 0.815. The summed E-state index contributed by atoms with van der Waals surface area (Å²) in [7, 11) is 0. The van der Waals surface area contributed by atoms with E-state index in [0.717, 1.165) is 10.2 Å². The lowest BCUT2D eigenvalue weighted by atomic mass is 10.1. The Labute approximate surface area is 79.1 Å². The monoisotopic (exact) mass is 195 g/mol. The van der Waals surface area contributed by atoms with E-state index in [4.69, 9.17) is 5.73 Å². The second kappa shape index (κ2) is 2.73. The van der Waals surface area contributed by atoms with Crippen molar-refractivity contribution < 1.29 is 5.11 Å². The van der Waals surface area contributed by atoms with E-state index in [0.29, 0.717) is 5.69 Å². The lowest BCUT2D eigenvalue weighted by Gasteiger charge is -2.16. The van der Waals surface area contributed by atoms with Crippen LogP contribution in [0.25, 0.3) is 10.2 Å². The largest absolute Gasteiger partial charge is 0.370 e. The van der Waals surface area contributed by atoms with Gasteiger partial charge in [0.05, 0.1) is 5.69 Å². The maximum atomic E-state index is 9.60. The Morgan fingerprint density at radius 3 is 3.00 bits per heavy atom. The third kappa shape index (κ3) is 1.41. The fraction of sp³-hybridized carbons (Fsp3) is 0.250. The standard InChI is InChI=1S/C8H9N3OS/c1-8(9,12)6-5-2-3-13-7(5)11-4-10-6/h2-4,12H,9H2,1H3. The van der Waals surface area contributed by atoms with Crippen molar-refractivity contribution in [2.45, 2.75) is 12.6 Å². The molecule has 0 saturated heterocycles. The minimum absolute atomic E-state index is 0.471. The molecule has 0 fully saturated rings. The first-order valence-electron chi connectivity index (χ1n) is 3.79. The van der Waals surface area contributed by atoms with Gasteiger partial charge in [0, 0.05) is 5.39 Å². The molecule has 2 aromatic rings. The van der Waals surface area contributed by atoms with Gasteiger partial charge in [0.2, 0.25) is 0 Å². The molecule has 3 N–H and O–H groups in total. The number of aliphatic hydroxyl groups is 1. The van der Waals surface area contributed by atoms with Crippen molar-refractivity contribution in [2.75, 3.05) is 0 Å². The minimum Gasteiger partial charge on any atom is -0.370 e. The topological polar surface area (TPSA) is 72.0 Å². The molecular formula is C8H9N3OS. The van der Waals surface area contributed by atoms with Gasteiger partial charge in [-0.1, -0.05) is 0 Å². The summed E-state index contributed by atoms with van der Waals surface area (Å²) < 4.78 is 0. The highest BCUT2D eigenvalue weighted by Crippen LogP contribution is 2.24. The highest BCUT2D eigenvalue weighted by atomic mass is 32.1. The number of fused-ring (bicyclic) bond motifs is 1. The molecule has 0 aliphatic carbocycles. The molecule has 1 atom stereocenters. The van der Waals surface area contributed by atoms with E-state index in [-0.39, 0.29) is 0 Å². The van der Waals surface area contributed by atoms with Gasteiger partial charge in [0.25, 0.3) is 0 Å². The fourth-order valence-corrected chi connectivity index (χ4v) is 1.93. The van der Waals surface area contributed by atoms with Crippen LogP contribution in [0.15, 0.2) is 17.8 Å². The maximum Gasteiger partial charge on any atom is 0.154 e. The number of rotatable bonds is 1. The van der Waals surface area contributed by atoms with Crippen molar-refractivity contribution in [3.8, 4) is 0 Å². The lowest BCUT2D eigenvalue weighted by Crippen LogP contribution is -2.33. The van der Waals surface area contributed by atoms with Crippen molar-refractivity contribution >= 4 is 21.6 Å². The summed E-state index contributed by atoms with van der Waals surface area (Å²) in [5, 5.41) is 12.3. The van der Waals surface area contributed by atoms with Gasteiger partial charge in [0.1, 0.15) is 11.2 Å². The number of aromatic nitrogens is 2. The van der Waals surface area contributed by atoms with Gasteiger partial charge in [-0.3, -0.25) is 5.73 Å². The van der Waals surface area contributed by atoms with E-state index in [1.165, 1.54) is 24.6 Å². The molecule has 0 radical (unpaired) electrons. The summed E-state index contributed by atoms with van der Waals surface area (Å²) in [6.45, 7) is 1.51. The number of hydrogen-bond acceptors (Lipinski definition) is 5. The third-order valence-corrected chi connectivity index (χ3v) is 2.56. The van der Waals surface area contributed by atoms with Crippen LogP contribution in [0.4, 0.5) is 0 Å². The average Bonchev–Trinajstić information content (AvgIpc) is 2.48. The number of nitrogens with zero attached hydrogens (tertiary/aromatic N) is 2. The molecule has 1 unspecified atom stereocenters. The highest BCUT2D eigenvalue weighted by molar-refractivity contribution is 7.16. The zero-order chi connectivity index (χ0) is 9.47. The molecule has 68 valence electrons. The first-order chi connectivity index (χ1) is 6.09. The summed E-state index contributed by atoms with van der Waals surface area (Å²) in [6, 6.07) is 1.86. The van der Waals surface area contributed by atoms with Crippen molar-refractivity contribution in [2.24, 2.45) is 5.73 Å². The molecule has 2 aromatic heterocycles. The summed E-state index contributed by atoms with van der Waals surface area (Å²) >= 11 is 1.50. The molecule has 13 heavy (non-hydrogen) atoms. The second-order valence-electron chi connectivity index (χ2n) is 3.01. The Kier molecular flexibility index (Phi) is 1.80. The van der Waals surface area contributed by atoms with Crippen molar-refractivity contribution in [1.29, 1.82) is 0 Å². The van der Waals surface area contributed by atoms with Gasteiger partial charge in [-0.15, -0.1) is 11.3 Å². The lowest BCUT2D eigenvalue weighted by molar-refractivity contribution is 0.0617. The molecule has 4 nitrogen and oxygen atoms in total. The van der Waals surface area contributed by atoms with Gasteiger partial charge in [-0.25, -0.2) is 9.97 Å². The zero-order valence-electron chi connectivity index (χ0n) is 7.06. The van der Waals surface area contributed by atoms with E-state index in [9.17, 15) is 5.11 Å². The van der Waals surface area contributed by atoms with E-state index in [2.05, 4.69) is 9.97 Å². The highest BCUT2D eigenvalue weighted by Gasteiger charge is 2.21. The molecule has 0 bridgehead atoms. The summed E-state index contributed by atoms with van der Waals surface area (Å²) in [5.74, 6) is 0. The average molecular weight is 195 g/mol. The van der Waals surface area contributed by atoms with Crippen LogP contribution in [0.3, 0.4) is 0 Å². The molecule has 2 rings (SSSR count). The van der Waals surface area contributed by atoms with Crippen LogP contribution in [-0.2, 0) is 5.72 Å². The first kappa shape index (κ1) is 8.55. The first-order valence-corrected chi connectivity index (χ1v) is 4.67. The summed E-state index contributed by atoms with van der Waals surface area (Å²) in [5.41, 5.74) is 4.62. The molecule has 2 heterocycles. The number of thiophene rings is 1. The SMILES string of the molecule is CC(N)(O)c1ncnc2sccc12. The molecule has 0 aliphatic heterocycles. The maximum absolute atomic E-state index is 9.60. The Morgan fingerprint density at radius 1 is 1.54 bits per heavy atom. The van der Waals surface area contributed by atoms with Crippen molar-refractivity contribution in [3.63, 3.8) is 0 Å². The van der Waals surface area contributed by atoms with E-state index in [1.807, 2.05) is 11.4 Å². The van der Waals surface area contributed by atoms with Gasteiger partial charge in [0.15, 0.2) is 5.72 Å². The zero-order valence-corrected chi connectivity index (χ0v) is 7.88. The second-order valence-corrected chi connectivity index (χ2v) is 3.90. The normalized spacial score (nSPS) is 15.9. The fourth-order valence-electron chi connectivity index (χ4n) is 1.19. The molecule has 0 spiro atoms. The smallest absolute Gasteiger partial charge is 0.154 e. The van der Waals surface area contributed by atoms with Gasteiger partial charge in [-0.05, 0) is 18.4 Å². The van der Waals surface area contributed by atoms with Crippen LogP contribution in [0.2, 0.25) is 0 Å². The van der Waals surface area contributed by atoms with Crippen LogP contribution >= 0.6 is 11.3 Å². The van der Waals surface area contributed by atoms with Gasteiger partial charge in [-0.2, -0.15) is 0 Å². The Hall–Kier alpha value is -1.04. The van der Waals surface area contributed by atoms with Crippen LogP contribution in [0.5, 0.6) is 0 Å². The van der Waals surface area contributed by atoms with Crippen LogP contribution < -0.4 is 5.73 Å². The predicted molar refractivity (Wildman–Crippen MR) is 51.2 cm³/mol. The summed E-state index contributed by atoms with van der Waals surface area (Å²) in [6.07, 6.45) is 1.41. The van der Waals surface area contributed by atoms with Crippen LogP contribution in [0.1, 0.15) is 12.6 Å². The van der Waals surface area contributed by atoms with E-state index in [1.54, 1.807) is 0 Å². The summed E-state index contributed by atoms with van der Waals surface area (Å²) in [4.78, 5) is 8.87. The van der Waals surface area contributed by atoms with Crippen LogP contribution in [0, 0.1) is 0 Å². The Morgan fingerprint density at radius 2 is 2.31 bits per heavy atom. The minimum atomic E-state index is -1.40. The van der Waals surface area contributed by atoms with E-state index >= 15 is 0 Å². The molecule has 0 amide bonds. The van der Waals surface area contributed by atoms with Crippen molar-refractivity contribution in [1.82, 2.24) is 9.97 Å². The van der Waals surface area contributed by atoms with Gasteiger partial charge < -0.3 is 5.11 Å². The van der Waals surface area contributed by atoms with Crippen LogP contribution in [-0.4, -0.2) is 15.1 Å². The van der Waals surface area contributed by atoms with Gasteiger partial charge >= 0.3 is 0 Å². The Balaban J connectivity index is 2.75. The molecule has 0 saturated carbocycles. The molecular weight excluding hydrogens is 186 g/mol. The number of hydrogen-bond donors (Lipinski definition) is 2. The quantitative estimate of drug-likeness (QED) is 0.661. The molecule has 0 aliphatic rings.